The highest BCUT2D eigenvalue weighted by atomic mass is 32.1. The van der Waals surface area contributed by atoms with Gasteiger partial charge in [0, 0.05) is 42.4 Å². The Morgan fingerprint density at radius 3 is 1.84 bits per heavy atom. The van der Waals surface area contributed by atoms with Crippen LogP contribution in [-0.2, 0) is 0 Å². The number of hydrogen-bond donors (Lipinski definition) is 0. The SMILES string of the molecule is c1ccc(-c2nc(-c3ccccc3)nc(-c3cccc4sc5cc6sc(-c7ccc8ccccc8c7)nc6cc5c34)n2)cc1. The first kappa shape index (κ1) is 25.2. The Morgan fingerprint density at radius 1 is 0.409 bits per heavy atom. The smallest absolute Gasteiger partial charge is 0.164 e. The standard InChI is InChI=1S/C38H22N4S2/c1-3-11-24(12-4-1)35-40-36(25-13-5-2-6-14-25)42-37(41-35)28-16-9-17-31-34(28)29-21-30-33(22-32(29)43-31)44-38(39-30)27-19-18-23-10-7-8-15-26(23)20-27/h1-22H. The molecule has 4 nitrogen and oxygen atoms in total. The van der Waals surface area contributed by atoms with Gasteiger partial charge in [0.05, 0.1) is 10.2 Å². The molecule has 0 N–H and O–H groups in total. The second-order valence-electron chi connectivity index (χ2n) is 10.7. The maximum absolute atomic E-state index is 5.12. The van der Waals surface area contributed by atoms with Crippen molar-refractivity contribution in [1.82, 2.24) is 19.9 Å². The van der Waals surface area contributed by atoms with Crippen molar-refractivity contribution < 1.29 is 0 Å². The molecule has 9 aromatic rings. The number of thiazole rings is 1. The molecule has 0 radical (unpaired) electrons. The molecule has 0 saturated carbocycles. The Labute approximate surface area is 261 Å². The van der Waals surface area contributed by atoms with E-state index in [0.717, 1.165) is 38.2 Å². The lowest BCUT2D eigenvalue weighted by atomic mass is 10.0. The van der Waals surface area contributed by atoms with E-state index in [1.165, 1.54) is 30.3 Å². The van der Waals surface area contributed by atoms with Crippen LogP contribution in [0.4, 0.5) is 0 Å². The fourth-order valence-corrected chi connectivity index (χ4v) is 8.02. The quantitative estimate of drug-likeness (QED) is 0.202. The number of nitrogens with zero attached hydrogens (tertiary/aromatic N) is 4. The normalized spacial score (nSPS) is 11.6. The van der Waals surface area contributed by atoms with Gasteiger partial charge in [0.25, 0.3) is 0 Å². The predicted octanol–water partition coefficient (Wildman–Crippen LogP) is 10.7. The minimum Gasteiger partial charge on any atom is -0.236 e. The van der Waals surface area contributed by atoms with E-state index in [2.05, 4.69) is 72.8 Å². The first-order valence-corrected chi connectivity index (χ1v) is 16.0. The molecule has 3 heterocycles. The summed E-state index contributed by atoms with van der Waals surface area (Å²) < 4.78 is 3.62. The second-order valence-corrected chi connectivity index (χ2v) is 12.8. The van der Waals surface area contributed by atoms with Gasteiger partial charge in [-0.15, -0.1) is 22.7 Å². The molecule has 6 heteroatoms. The Bertz CT molecular complexity index is 2440. The van der Waals surface area contributed by atoms with Crippen molar-refractivity contribution >= 4 is 63.8 Å². The van der Waals surface area contributed by atoms with Crippen LogP contribution < -0.4 is 0 Å². The highest BCUT2D eigenvalue weighted by Crippen LogP contribution is 2.43. The summed E-state index contributed by atoms with van der Waals surface area (Å²) in [6, 6.07) is 46.2. The van der Waals surface area contributed by atoms with Crippen LogP contribution in [0.15, 0.2) is 133 Å². The average molecular weight is 599 g/mol. The van der Waals surface area contributed by atoms with Crippen molar-refractivity contribution in [3.8, 4) is 44.7 Å². The van der Waals surface area contributed by atoms with E-state index in [0.29, 0.717) is 17.5 Å². The zero-order chi connectivity index (χ0) is 29.0. The van der Waals surface area contributed by atoms with Crippen molar-refractivity contribution in [1.29, 1.82) is 0 Å². The van der Waals surface area contributed by atoms with Gasteiger partial charge in [0.2, 0.25) is 0 Å². The summed E-state index contributed by atoms with van der Waals surface area (Å²) in [5, 5.41) is 5.82. The molecule has 0 aliphatic rings. The Morgan fingerprint density at radius 2 is 1.09 bits per heavy atom. The molecule has 3 aromatic heterocycles. The average Bonchev–Trinajstić information content (AvgIpc) is 3.68. The molecule has 0 bridgehead atoms. The fourth-order valence-electron chi connectivity index (χ4n) is 5.81. The van der Waals surface area contributed by atoms with Crippen LogP contribution in [0, 0.1) is 0 Å². The zero-order valence-corrected chi connectivity index (χ0v) is 24.9. The van der Waals surface area contributed by atoms with E-state index in [9.17, 15) is 0 Å². The highest BCUT2D eigenvalue weighted by molar-refractivity contribution is 7.26. The minimum absolute atomic E-state index is 0.660. The monoisotopic (exact) mass is 598 g/mol. The van der Waals surface area contributed by atoms with Gasteiger partial charge in [-0.3, -0.25) is 0 Å². The van der Waals surface area contributed by atoms with Crippen molar-refractivity contribution in [3.05, 3.63) is 133 Å². The molecule has 6 aromatic carbocycles. The number of fused-ring (bicyclic) bond motifs is 5. The number of benzene rings is 6. The first-order chi connectivity index (χ1) is 21.8. The third-order valence-corrected chi connectivity index (χ3v) is 10.1. The summed E-state index contributed by atoms with van der Waals surface area (Å²) >= 11 is 3.55. The summed E-state index contributed by atoms with van der Waals surface area (Å²) in [5.41, 5.74) is 5.06. The maximum Gasteiger partial charge on any atom is 0.164 e. The van der Waals surface area contributed by atoms with Crippen molar-refractivity contribution in [2.45, 2.75) is 0 Å². The van der Waals surface area contributed by atoms with Crippen molar-refractivity contribution in [3.63, 3.8) is 0 Å². The van der Waals surface area contributed by atoms with Gasteiger partial charge in [-0.1, -0.05) is 109 Å². The lowest BCUT2D eigenvalue weighted by molar-refractivity contribution is 1.08. The van der Waals surface area contributed by atoms with Gasteiger partial charge in [0.1, 0.15) is 5.01 Å². The van der Waals surface area contributed by atoms with Gasteiger partial charge in [-0.2, -0.15) is 0 Å². The molecule has 0 atom stereocenters. The van der Waals surface area contributed by atoms with Gasteiger partial charge < -0.3 is 0 Å². The van der Waals surface area contributed by atoms with Crippen molar-refractivity contribution in [2.75, 3.05) is 0 Å². The summed E-state index contributed by atoms with van der Waals surface area (Å²) in [5.74, 6) is 1.99. The summed E-state index contributed by atoms with van der Waals surface area (Å²) in [7, 11) is 0. The van der Waals surface area contributed by atoms with Crippen molar-refractivity contribution in [2.24, 2.45) is 0 Å². The number of thiophene rings is 1. The molecular weight excluding hydrogens is 577 g/mol. The molecule has 9 rings (SSSR count). The Kier molecular flexibility index (Phi) is 5.82. The van der Waals surface area contributed by atoms with Crippen LogP contribution in [-0.4, -0.2) is 19.9 Å². The molecule has 0 fully saturated rings. The molecule has 44 heavy (non-hydrogen) atoms. The molecular formula is C38H22N4S2. The van der Waals surface area contributed by atoms with Gasteiger partial charge in [-0.25, -0.2) is 19.9 Å². The van der Waals surface area contributed by atoms with E-state index in [1.807, 2.05) is 60.7 Å². The largest absolute Gasteiger partial charge is 0.236 e. The Hall–Kier alpha value is -5.30. The predicted molar refractivity (Wildman–Crippen MR) is 185 cm³/mol. The third kappa shape index (κ3) is 4.27. The molecule has 206 valence electrons. The van der Waals surface area contributed by atoms with Crippen LogP contribution in [0.2, 0.25) is 0 Å². The van der Waals surface area contributed by atoms with E-state index in [4.69, 9.17) is 19.9 Å². The van der Waals surface area contributed by atoms with E-state index < -0.39 is 0 Å². The minimum atomic E-state index is 0.660. The van der Waals surface area contributed by atoms with E-state index in [-0.39, 0.29) is 0 Å². The van der Waals surface area contributed by atoms with Crippen LogP contribution in [0.1, 0.15) is 0 Å². The maximum atomic E-state index is 5.12. The second kappa shape index (κ2) is 10.2. The molecule has 0 saturated heterocycles. The van der Waals surface area contributed by atoms with Crippen LogP contribution in [0.5, 0.6) is 0 Å². The number of aromatic nitrogens is 4. The van der Waals surface area contributed by atoms with Gasteiger partial charge in [0.15, 0.2) is 17.5 Å². The highest BCUT2D eigenvalue weighted by Gasteiger charge is 2.18. The molecule has 0 amide bonds. The summed E-state index contributed by atoms with van der Waals surface area (Å²) in [6.07, 6.45) is 0. The number of hydrogen-bond acceptors (Lipinski definition) is 6. The lowest BCUT2D eigenvalue weighted by Gasteiger charge is -2.09. The van der Waals surface area contributed by atoms with Crippen LogP contribution >= 0.6 is 22.7 Å². The van der Waals surface area contributed by atoms with Crippen LogP contribution in [0.25, 0.3) is 85.9 Å². The third-order valence-electron chi connectivity index (χ3n) is 7.94. The topological polar surface area (TPSA) is 51.6 Å². The molecule has 0 unspecified atom stereocenters. The fraction of sp³-hybridized carbons (Fsp3) is 0. The summed E-state index contributed by atoms with van der Waals surface area (Å²) in [6.45, 7) is 0. The molecule has 0 aliphatic heterocycles. The van der Waals surface area contributed by atoms with E-state index >= 15 is 0 Å². The van der Waals surface area contributed by atoms with Gasteiger partial charge >= 0.3 is 0 Å². The van der Waals surface area contributed by atoms with Gasteiger partial charge in [-0.05, 0) is 35.0 Å². The van der Waals surface area contributed by atoms with Crippen LogP contribution in [0.3, 0.4) is 0 Å². The molecule has 0 spiro atoms. The summed E-state index contributed by atoms with van der Waals surface area (Å²) in [4.78, 5) is 20.1. The molecule has 0 aliphatic carbocycles. The van der Waals surface area contributed by atoms with E-state index in [1.54, 1.807) is 22.7 Å². The first-order valence-electron chi connectivity index (χ1n) is 14.4. The zero-order valence-electron chi connectivity index (χ0n) is 23.3. The number of rotatable bonds is 4. The lowest BCUT2D eigenvalue weighted by Crippen LogP contribution is -2.00. The Balaban J connectivity index is 1.24.